The third kappa shape index (κ3) is 4.19. The van der Waals surface area contributed by atoms with Crippen molar-refractivity contribution in [2.45, 2.75) is 32.7 Å². The number of benzene rings is 2. The molecule has 0 aromatic heterocycles. The summed E-state index contributed by atoms with van der Waals surface area (Å²) in [5.74, 6) is 0.187. The van der Waals surface area contributed by atoms with Gasteiger partial charge in [0.2, 0.25) is 5.91 Å². The SMILES string of the molecule is Cc1ccc(CCC(=O)N(C)C(C)c2ccccc2)cc1. The first-order valence-electron chi connectivity index (χ1n) is 7.44. The first kappa shape index (κ1) is 15.3. The zero-order valence-corrected chi connectivity index (χ0v) is 13.0. The molecule has 1 atom stereocenters. The van der Waals surface area contributed by atoms with Crippen LogP contribution in [0.3, 0.4) is 0 Å². The summed E-state index contributed by atoms with van der Waals surface area (Å²) in [5, 5.41) is 0. The number of aryl methyl sites for hydroxylation is 2. The molecule has 0 N–H and O–H groups in total. The Morgan fingerprint density at radius 3 is 2.29 bits per heavy atom. The zero-order valence-electron chi connectivity index (χ0n) is 13.0. The van der Waals surface area contributed by atoms with Gasteiger partial charge in [-0.1, -0.05) is 60.2 Å². The Hall–Kier alpha value is -2.09. The minimum atomic E-state index is 0.108. The number of hydrogen-bond acceptors (Lipinski definition) is 1. The van der Waals surface area contributed by atoms with E-state index in [1.807, 2.05) is 30.1 Å². The lowest BCUT2D eigenvalue weighted by molar-refractivity contribution is -0.131. The molecule has 0 aliphatic rings. The number of carbonyl (C=O) groups excluding carboxylic acids is 1. The molecule has 0 aliphatic carbocycles. The van der Waals surface area contributed by atoms with E-state index in [1.54, 1.807) is 0 Å². The molecule has 1 amide bonds. The van der Waals surface area contributed by atoms with Gasteiger partial charge in [0, 0.05) is 13.5 Å². The van der Waals surface area contributed by atoms with E-state index in [0.717, 1.165) is 6.42 Å². The van der Waals surface area contributed by atoms with Gasteiger partial charge in [0.1, 0.15) is 0 Å². The number of hydrogen-bond donors (Lipinski definition) is 0. The van der Waals surface area contributed by atoms with Gasteiger partial charge in [0.15, 0.2) is 0 Å². The maximum Gasteiger partial charge on any atom is 0.223 e. The van der Waals surface area contributed by atoms with Crippen molar-refractivity contribution in [3.8, 4) is 0 Å². The first-order chi connectivity index (χ1) is 10.1. The maximum atomic E-state index is 12.3. The molecule has 0 saturated heterocycles. The van der Waals surface area contributed by atoms with Gasteiger partial charge < -0.3 is 4.90 Å². The summed E-state index contributed by atoms with van der Waals surface area (Å²) in [6.07, 6.45) is 1.35. The average Bonchev–Trinajstić information content (AvgIpc) is 2.53. The van der Waals surface area contributed by atoms with Gasteiger partial charge in [-0.25, -0.2) is 0 Å². The van der Waals surface area contributed by atoms with Crippen LogP contribution in [0.4, 0.5) is 0 Å². The Balaban J connectivity index is 1.92. The van der Waals surface area contributed by atoms with E-state index < -0.39 is 0 Å². The van der Waals surface area contributed by atoms with Crippen molar-refractivity contribution in [3.63, 3.8) is 0 Å². The molecule has 0 radical (unpaired) electrons. The Kier molecular flexibility index (Phi) is 5.15. The molecule has 0 spiro atoms. The van der Waals surface area contributed by atoms with Gasteiger partial charge in [-0.15, -0.1) is 0 Å². The molecule has 2 aromatic rings. The molecule has 0 fully saturated rings. The molecule has 0 saturated carbocycles. The van der Waals surface area contributed by atoms with Crippen LogP contribution >= 0.6 is 0 Å². The van der Waals surface area contributed by atoms with Crippen LogP contribution in [-0.2, 0) is 11.2 Å². The third-order valence-corrected chi connectivity index (χ3v) is 4.00. The highest BCUT2D eigenvalue weighted by Gasteiger charge is 2.16. The third-order valence-electron chi connectivity index (χ3n) is 4.00. The van der Waals surface area contributed by atoms with Gasteiger partial charge in [-0.2, -0.15) is 0 Å². The standard InChI is InChI=1S/C19H23NO/c1-15-9-11-17(12-10-15)13-14-19(21)20(3)16(2)18-7-5-4-6-8-18/h4-12,16H,13-14H2,1-3H3. The summed E-state index contributed by atoms with van der Waals surface area (Å²) in [6.45, 7) is 4.14. The molecule has 2 rings (SSSR count). The largest absolute Gasteiger partial charge is 0.339 e. The monoisotopic (exact) mass is 281 g/mol. The molecule has 21 heavy (non-hydrogen) atoms. The fraction of sp³-hybridized carbons (Fsp3) is 0.316. The molecular formula is C19H23NO. The van der Waals surface area contributed by atoms with Crippen LogP contribution in [0.2, 0.25) is 0 Å². The highest BCUT2D eigenvalue weighted by molar-refractivity contribution is 5.76. The molecular weight excluding hydrogens is 258 g/mol. The number of amides is 1. The number of rotatable bonds is 5. The smallest absolute Gasteiger partial charge is 0.223 e. The van der Waals surface area contributed by atoms with Crippen LogP contribution in [0.5, 0.6) is 0 Å². The molecule has 2 heteroatoms. The zero-order chi connectivity index (χ0) is 15.2. The van der Waals surface area contributed by atoms with Crippen molar-refractivity contribution in [1.82, 2.24) is 4.90 Å². The van der Waals surface area contributed by atoms with Crippen LogP contribution < -0.4 is 0 Å². The second-order valence-corrected chi connectivity index (χ2v) is 5.58. The van der Waals surface area contributed by atoms with Gasteiger partial charge in [0.25, 0.3) is 0 Å². The van der Waals surface area contributed by atoms with Crippen molar-refractivity contribution in [2.24, 2.45) is 0 Å². The van der Waals surface area contributed by atoms with Gasteiger partial charge >= 0.3 is 0 Å². The average molecular weight is 281 g/mol. The first-order valence-corrected chi connectivity index (χ1v) is 7.44. The predicted molar refractivity (Wildman–Crippen MR) is 87.1 cm³/mol. The summed E-state index contributed by atoms with van der Waals surface area (Å²) in [5.41, 5.74) is 3.64. The molecule has 1 unspecified atom stereocenters. The highest BCUT2D eigenvalue weighted by Crippen LogP contribution is 2.19. The predicted octanol–water partition coefficient (Wildman–Crippen LogP) is 4.15. The van der Waals surface area contributed by atoms with Gasteiger partial charge in [-0.3, -0.25) is 4.79 Å². The molecule has 2 aromatic carbocycles. The van der Waals surface area contributed by atoms with Crippen molar-refractivity contribution >= 4 is 5.91 Å². The Labute approximate surface area is 127 Å². The summed E-state index contributed by atoms with van der Waals surface area (Å²) >= 11 is 0. The van der Waals surface area contributed by atoms with Crippen LogP contribution in [0.1, 0.15) is 36.1 Å². The number of carbonyl (C=O) groups is 1. The number of nitrogens with zero attached hydrogens (tertiary/aromatic N) is 1. The van der Waals surface area contributed by atoms with Crippen LogP contribution in [-0.4, -0.2) is 17.9 Å². The lowest BCUT2D eigenvalue weighted by atomic mass is 10.1. The van der Waals surface area contributed by atoms with Crippen molar-refractivity contribution < 1.29 is 4.79 Å². The quantitative estimate of drug-likeness (QED) is 0.806. The lowest BCUT2D eigenvalue weighted by Crippen LogP contribution is -2.29. The van der Waals surface area contributed by atoms with Crippen LogP contribution in [0.25, 0.3) is 0 Å². The van der Waals surface area contributed by atoms with Crippen LogP contribution in [0, 0.1) is 6.92 Å². The molecule has 110 valence electrons. The van der Waals surface area contributed by atoms with E-state index in [-0.39, 0.29) is 11.9 Å². The maximum absolute atomic E-state index is 12.3. The highest BCUT2D eigenvalue weighted by atomic mass is 16.2. The van der Waals surface area contributed by atoms with E-state index >= 15 is 0 Å². The fourth-order valence-corrected chi connectivity index (χ4v) is 2.35. The normalized spacial score (nSPS) is 12.0. The van der Waals surface area contributed by atoms with Crippen molar-refractivity contribution in [1.29, 1.82) is 0 Å². The van der Waals surface area contributed by atoms with E-state index in [0.29, 0.717) is 6.42 Å². The minimum absolute atomic E-state index is 0.108. The van der Waals surface area contributed by atoms with E-state index in [9.17, 15) is 4.79 Å². The van der Waals surface area contributed by atoms with E-state index in [4.69, 9.17) is 0 Å². The molecule has 0 aliphatic heterocycles. The minimum Gasteiger partial charge on any atom is -0.339 e. The van der Waals surface area contributed by atoms with E-state index in [2.05, 4.69) is 50.2 Å². The molecule has 0 heterocycles. The fourth-order valence-electron chi connectivity index (χ4n) is 2.35. The molecule has 0 bridgehead atoms. The van der Waals surface area contributed by atoms with E-state index in [1.165, 1.54) is 16.7 Å². The summed E-state index contributed by atoms with van der Waals surface area (Å²) in [4.78, 5) is 14.2. The van der Waals surface area contributed by atoms with Crippen LogP contribution in [0.15, 0.2) is 54.6 Å². The van der Waals surface area contributed by atoms with Gasteiger partial charge in [-0.05, 0) is 31.4 Å². The topological polar surface area (TPSA) is 20.3 Å². The Morgan fingerprint density at radius 2 is 1.67 bits per heavy atom. The lowest BCUT2D eigenvalue weighted by Gasteiger charge is -2.25. The Bertz CT molecular complexity index is 574. The summed E-state index contributed by atoms with van der Waals surface area (Å²) in [7, 11) is 1.88. The van der Waals surface area contributed by atoms with Crippen molar-refractivity contribution in [2.75, 3.05) is 7.05 Å². The summed E-state index contributed by atoms with van der Waals surface area (Å²) in [6, 6.07) is 18.6. The van der Waals surface area contributed by atoms with Crippen molar-refractivity contribution in [3.05, 3.63) is 71.3 Å². The second kappa shape index (κ2) is 7.07. The Morgan fingerprint density at radius 1 is 1.05 bits per heavy atom. The second-order valence-electron chi connectivity index (χ2n) is 5.58. The molecule has 2 nitrogen and oxygen atoms in total. The summed E-state index contributed by atoms with van der Waals surface area (Å²) < 4.78 is 0. The van der Waals surface area contributed by atoms with Gasteiger partial charge in [0.05, 0.1) is 6.04 Å².